The first kappa shape index (κ1) is 8.61. The van der Waals surface area contributed by atoms with Crippen molar-refractivity contribution in [3.63, 3.8) is 0 Å². The Kier molecular flexibility index (Phi) is 3.45. The number of rotatable bonds is 3. The molecule has 0 saturated carbocycles. The maximum absolute atomic E-state index is 10.4. The van der Waals surface area contributed by atoms with Crippen molar-refractivity contribution >= 4 is 20.6 Å². The highest BCUT2D eigenvalue weighted by molar-refractivity contribution is 7.04. The molecular formula is C7H12O3Si. The van der Waals surface area contributed by atoms with E-state index < -0.39 is 8.80 Å². The first-order valence-corrected chi connectivity index (χ1v) is 5.90. The van der Waals surface area contributed by atoms with Crippen LogP contribution < -0.4 is 0 Å². The fourth-order valence-electron chi connectivity index (χ4n) is 1.28. The van der Waals surface area contributed by atoms with Crippen LogP contribution in [0.4, 0.5) is 0 Å². The molecule has 4 heteroatoms. The zero-order valence-corrected chi connectivity index (χ0v) is 7.52. The van der Waals surface area contributed by atoms with E-state index >= 15 is 0 Å². The van der Waals surface area contributed by atoms with E-state index in [2.05, 4.69) is 0 Å². The lowest BCUT2D eigenvalue weighted by atomic mass is 10.2. The van der Waals surface area contributed by atoms with Gasteiger partial charge in [0.15, 0.2) is 0 Å². The van der Waals surface area contributed by atoms with Crippen LogP contribution in [0.2, 0.25) is 0 Å². The summed E-state index contributed by atoms with van der Waals surface area (Å²) < 4.78 is 5.32. The second-order valence-electron chi connectivity index (χ2n) is 2.75. The Morgan fingerprint density at radius 3 is 2.45 bits per heavy atom. The molecule has 62 valence electrons. The molecule has 1 aliphatic rings. The summed E-state index contributed by atoms with van der Waals surface area (Å²) in [7, 11) is -1.86. The summed E-state index contributed by atoms with van der Waals surface area (Å²) in [5, 5.41) is 0. The van der Waals surface area contributed by atoms with E-state index in [9.17, 15) is 9.59 Å². The van der Waals surface area contributed by atoms with Gasteiger partial charge in [0, 0.05) is 6.61 Å². The third-order valence-corrected chi connectivity index (χ3v) is 3.97. The standard InChI is InChI=1S/C7H12O3Si/c8-5-11(6-9)7-3-1-2-4-10-7/h5-7,11H,1-4H2. The molecule has 1 fully saturated rings. The molecule has 0 aliphatic carbocycles. The summed E-state index contributed by atoms with van der Waals surface area (Å²) in [6.45, 7) is 0.718. The lowest BCUT2D eigenvalue weighted by Crippen LogP contribution is -2.39. The number of hydrogen-bond acceptors (Lipinski definition) is 3. The molecule has 0 aromatic carbocycles. The number of ether oxygens (including phenoxy) is 1. The molecule has 3 nitrogen and oxygen atoms in total. The molecule has 11 heavy (non-hydrogen) atoms. The predicted molar refractivity (Wildman–Crippen MR) is 44.2 cm³/mol. The minimum absolute atomic E-state index is 0.0150. The second-order valence-corrected chi connectivity index (χ2v) is 5.20. The van der Waals surface area contributed by atoms with E-state index in [1.165, 1.54) is 0 Å². The molecule has 0 amide bonds. The fourth-order valence-corrected chi connectivity index (χ4v) is 2.67. The van der Waals surface area contributed by atoms with Crippen LogP contribution in [0, 0.1) is 0 Å². The number of hydrogen-bond donors (Lipinski definition) is 0. The minimum Gasteiger partial charge on any atom is -0.381 e. The highest BCUT2D eigenvalue weighted by Gasteiger charge is 2.25. The van der Waals surface area contributed by atoms with E-state index in [-0.39, 0.29) is 5.73 Å². The molecule has 0 bridgehead atoms. The Morgan fingerprint density at radius 1 is 1.27 bits per heavy atom. The van der Waals surface area contributed by atoms with E-state index in [4.69, 9.17) is 4.74 Å². The van der Waals surface area contributed by atoms with Crippen LogP contribution in [-0.2, 0) is 14.3 Å². The van der Waals surface area contributed by atoms with Gasteiger partial charge < -0.3 is 14.3 Å². The Balaban J connectivity index is 2.42. The van der Waals surface area contributed by atoms with Crippen molar-refractivity contribution in [2.45, 2.75) is 25.0 Å². The van der Waals surface area contributed by atoms with Crippen molar-refractivity contribution in [2.24, 2.45) is 0 Å². The molecule has 1 saturated heterocycles. The maximum atomic E-state index is 10.4. The van der Waals surface area contributed by atoms with Crippen LogP contribution in [0.1, 0.15) is 19.3 Å². The summed E-state index contributed by atoms with van der Waals surface area (Å²) in [4.78, 5) is 20.8. The molecule has 1 heterocycles. The second kappa shape index (κ2) is 4.41. The van der Waals surface area contributed by atoms with Gasteiger partial charge in [-0.2, -0.15) is 0 Å². The fraction of sp³-hybridized carbons (Fsp3) is 0.714. The van der Waals surface area contributed by atoms with Gasteiger partial charge in [-0.25, -0.2) is 0 Å². The lowest BCUT2D eigenvalue weighted by molar-refractivity contribution is 0.0649. The minimum atomic E-state index is -1.86. The van der Waals surface area contributed by atoms with Crippen molar-refractivity contribution in [2.75, 3.05) is 6.61 Å². The van der Waals surface area contributed by atoms with E-state index in [0.717, 1.165) is 37.7 Å². The summed E-state index contributed by atoms with van der Waals surface area (Å²) in [6.07, 6.45) is 3.06. The first-order chi connectivity index (χ1) is 5.38. The largest absolute Gasteiger partial charge is 0.381 e. The van der Waals surface area contributed by atoms with E-state index in [1.54, 1.807) is 0 Å². The zero-order valence-electron chi connectivity index (χ0n) is 6.36. The highest BCUT2D eigenvalue weighted by atomic mass is 28.3. The van der Waals surface area contributed by atoms with Crippen LogP contribution in [0.3, 0.4) is 0 Å². The van der Waals surface area contributed by atoms with E-state index in [0.29, 0.717) is 0 Å². The van der Waals surface area contributed by atoms with Crippen molar-refractivity contribution in [3.05, 3.63) is 0 Å². The van der Waals surface area contributed by atoms with Crippen LogP contribution >= 0.6 is 0 Å². The van der Waals surface area contributed by atoms with Crippen LogP contribution in [0.5, 0.6) is 0 Å². The van der Waals surface area contributed by atoms with Crippen LogP contribution in [0.25, 0.3) is 0 Å². The number of carbonyl (C=O) groups is 2. The molecule has 0 N–H and O–H groups in total. The Bertz CT molecular complexity index is 135. The van der Waals surface area contributed by atoms with Gasteiger partial charge in [0.1, 0.15) is 11.8 Å². The zero-order chi connectivity index (χ0) is 8.10. The lowest BCUT2D eigenvalue weighted by Gasteiger charge is -2.22. The van der Waals surface area contributed by atoms with E-state index in [1.807, 2.05) is 0 Å². The molecular weight excluding hydrogens is 160 g/mol. The summed E-state index contributed by atoms with van der Waals surface area (Å²) in [6, 6.07) is 0. The van der Waals surface area contributed by atoms with Gasteiger partial charge in [-0.05, 0) is 19.3 Å². The quantitative estimate of drug-likeness (QED) is 0.440. The molecule has 1 aliphatic heterocycles. The molecule has 0 spiro atoms. The topological polar surface area (TPSA) is 43.4 Å². The summed E-state index contributed by atoms with van der Waals surface area (Å²) in [5.74, 6) is 1.62. The normalized spacial score (nSPS) is 25.0. The van der Waals surface area contributed by atoms with Gasteiger partial charge in [0.25, 0.3) is 0 Å². The summed E-state index contributed by atoms with van der Waals surface area (Å²) >= 11 is 0. The van der Waals surface area contributed by atoms with Crippen molar-refractivity contribution < 1.29 is 14.3 Å². The molecule has 1 rings (SSSR count). The van der Waals surface area contributed by atoms with Crippen molar-refractivity contribution in [1.82, 2.24) is 0 Å². The average molecular weight is 172 g/mol. The monoisotopic (exact) mass is 172 g/mol. The van der Waals surface area contributed by atoms with Gasteiger partial charge in [-0.3, -0.25) is 0 Å². The molecule has 1 atom stereocenters. The molecule has 1 unspecified atom stereocenters. The molecule has 0 radical (unpaired) electrons. The Labute approximate surface area is 67.3 Å². The SMILES string of the molecule is O=C[SiH](C=O)C1CCCCO1. The Hall–Kier alpha value is -0.483. The van der Waals surface area contributed by atoms with Crippen LogP contribution in [-0.4, -0.2) is 32.9 Å². The van der Waals surface area contributed by atoms with Gasteiger partial charge in [0.05, 0.1) is 5.73 Å². The summed E-state index contributed by atoms with van der Waals surface area (Å²) in [5.41, 5.74) is -0.0150. The van der Waals surface area contributed by atoms with Gasteiger partial charge in [-0.1, -0.05) is 0 Å². The number of carbonyl (C=O) groups excluding carboxylic acids is 2. The maximum Gasteiger partial charge on any atom is 0.215 e. The van der Waals surface area contributed by atoms with Crippen molar-refractivity contribution in [1.29, 1.82) is 0 Å². The van der Waals surface area contributed by atoms with Crippen molar-refractivity contribution in [3.8, 4) is 0 Å². The molecule has 0 aromatic rings. The van der Waals surface area contributed by atoms with Gasteiger partial charge in [-0.15, -0.1) is 0 Å². The Morgan fingerprint density at radius 2 is 2.00 bits per heavy atom. The molecule has 0 aromatic heterocycles. The van der Waals surface area contributed by atoms with Crippen LogP contribution in [0.15, 0.2) is 0 Å². The van der Waals surface area contributed by atoms with Gasteiger partial charge in [0.2, 0.25) is 8.80 Å². The van der Waals surface area contributed by atoms with Gasteiger partial charge >= 0.3 is 0 Å². The predicted octanol–water partition coefficient (Wildman–Crippen LogP) is -0.134. The third kappa shape index (κ3) is 2.23. The highest BCUT2D eigenvalue weighted by Crippen LogP contribution is 2.13. The smallest absolute Gasteiger partial charge is 0.215 e. The first-order valence-electron chi connectivity index (χ1n) is 3.90. The average Bonchev–Trinajstić information content (AvgIpc) is 2.09. The third-order valence-electron chi connectivity index (χ3n) is 1.96.